The summed E-state index contributed by atoms with van der Waals surface area (Å²) in [7, 11) is 0. The second-order valence-electron chi connectivity index (χ2n) is 5.79. The molecule has 4 N–H and O–H groups in total. The number of H-pyrrole nitrogens is 1. The van der Waals surface area contributed by atoms with Gasteiger partial charge in [-0.05, 0) is 23.1 Å². The maximum absolute atomic E-state index is 12.1. The average molecular weight is 286 g/mol. The van der Waals surface area contributed by atoms with Crippen LogP contribution in [0.3, 0.4) is 0 Å². The summed E-state index contributed by atoms with van der Waals surface area (Å²) in [6.07, 6.45) is 1.23. The van der Waals surface area contributed by atoms with Gasteiger partial charge in [0.25, 0.3) is 11.5 Å². The summed E-state index contributed by atoms with van der Waals surface area (Å²) in [4.78, 5) is 29.8. The number of nitrogens with zero attached hydrogens (tertiary/aromatic N) is 1. The third-order valence-electron chi connectivity index (χ3n) is 3.08. The number of rotatable bonds is 2. The van der Waals surface area contributed by atoms with Crippen LogP contribution in [0.5, 0.6) is 0 Å². The Hall–Kier alpha value is -2.63. The zero-order valence-corrected chi connectivity index (χ0v) is 12.2. The van der Waals surface area contributed by atoms with Crippen LogP contribution < -0.4 is 16.6 Å². The van der Waals surface area contributed by atoms with Crippen molar-refractivity contribution in [3.05, 3.63) is 51.9 Å². The number of aromatic nitrogens is 2. The molecule has 0 aliphatic rings. The fraction of sp³-hybridized carbons (Fsp3) is 0.267. The van der Waals surface area contributed by atoms with Crippen LogP contribution >= 0.6 is 0 Å². The molecule has 0 bridgehead atoms. The van der Waals surface area contributed by atoms with Crippen LogP contribution in [-0.2, 0) is 5.41 Å². The lowest BCUT2D eigenvalue weighted by atomic mass is 9.87. The molecule has 1 heterocycles. The summed E-state index contributed by atoms with van der Waals surface area (Å²) in [6.45, 7) is 6.30. The molecule has 1 amide bonds. The molecule has 1 aromatic heterocycles. The topological polar surface area (TPSA) is 101 Å². The van der Waals surface area contributed by atoms with Crippen LogP contribution in [0, 0.1) is 0 Å². The Bertz CT molecular complexity index is 712. The van der Waals surface area contributed by atoms with E-state index in [-0.39, 0.29) is 23.0 Å². The van der Waals surface area contributed by atoms with Crippen molar-refractivity contribution in [2.75, 3.05) is 11.1 Å². The summed E-state index contributed by atoms with van der Waals surface area (Å²) in [6, 6.07) is 7.27. The van der Waals surface area contributed by atoms with E-state index in [0.717, 1.165) is 5.56 Å². The molecular weight excluding hydrogens is 268 g/mol. The number of benzene rings is 1. The van der Waals surface area contributed by atoms with E-state index in [9.17, 15) is 9.59 Å². The lowest BCUT2D eigenvalue weighted by Gasteiger charge is -2.19. The van der Waals surface area contributed by atoms with Gasteiger partial charge in [0.15, 0.2) is 5.95 Å². The third kappa shape index (κ3) is 3.47. The van der Waals surface area contributed by atoms with Crippen molar-refractivity contribution in [3.8, 4) is 0 Å². The monoisotopic (exact) mass is 286 g/mol. The first-order chi connectivity index (χ1) is 9.77. The van der Waals surface area contributed by atoms with E-state index in [2.05, 4.69) is 36.1 Å². The number of anilines is 2. The number of nitrogens with two attached hydrogens (primary N) is 1. The van der Waals surface area contributed by atoms with E-state index in [0.29, 0.717) is 5.56 Å². The van der Waals surface area contributed by atoms with Crippen molar-refractivity contribution in [3.63, 3.8) is 0 Å². The molecule has 2 rings (SSSR count). The van der Waals surface area contributed by atoms with Gasteiger partial charge in [0.2, 0.25) is 0 Å². The standard InChI is InChI=1S/C15H18N4O2/c1-15(2,3)10-6-4-9(5-7-10)12(20)18-11-8-17-14(16)19-13(11)21/h4-8H,1-3H3,(H,18,20)(H3,16,17,19,21). The van der Waals surface area contributed by atoms with E-state index in [1.54, 1.807) is 12.1 Å². The van der Waals surface area contributed by atoms with Gasteiger partial charge < -0.3 is 11.1 Å². The van der Waals surface area contributed by atoms with E-state index < -0.39 is 5.56 Å². The first kappa shape index (κ1) is 14.8. The molecular formula is C15H18N4O2. The van der Waals surface area contributed by atoms with Crippen molar-refractivity contribution in [1.82, 2.24) is 9.97 Å². The fourth-order valence-corrected chi connectivity index (χ4v) is 1.81. The van der Waals surface area contributed by atoms with Gasteiger partial charge in [-0.3, -0.25) is 14.6 Å². The molecule has 0 saturated heterocycles. The van der Waals surface area contributed by atoms with Gasteiger partial charge in [0.1, 0.15) is 5.69 Å². The largest absolute Gasteiger partial charge is 0.369 e. The molecule has 0 aliphatic carbocycles. The summed E-state index contributed by atoms with van der Waals surface area (Å²) in [5.41, 5.74) is 6.55. The Morgan fingerprint density at radius 1 is 1.24 bits per heavy atom. The maximum Gasteiger partial charge on any atom is 0.276 e. The minimum absolute atomic E-state index is 0.00697. The molecule has 6 nitrogen and oxygen atoms in total. The summed E-state index contributed by atoms with van der Waals surface area (Å²) >= 11 is 0. The van der Waals surface area contributed by atoms with Crippen molar-refractivity contribution < 1.29 is 4.79 Å². The normalized spacial score (nSPS) is 11.2. The van der Waals surface area contributed by atoms with Crippen LogP contribution in [0.1, 0.15) is 36.7 Å². The number of hydrogen-bond acceptors (Lipinski definition) is 4. The van der Waals surface area contributed by atoms with Gasteiger partial charge in [0, 0.05) is 5.56 Å². The predicted molar refractivity (Wildman–Crippen MR) is 82.4 cm³/mol. The molecule has 0 aliphatic heterocycles. The summed E-state index contributed by atoms with van der Waals surface area (Å²) in [5, 5.41) is 2.51. The number of aromatic amines is 1. The SMILES string of the molecule is CC(C)(C)c1ccc(C(=O)Nc2cnc(N)[nH]c2=O)cc1. The molecule has 0 saturated carbocycles. The van der Waals surface area contributed by atoms with Crippen LogP contribution in [0.2, 0.25) is 0 Å². The van der Waals surface area contributed by atoms with Gasteiger partial charge in [-0.2, -0.15) is 0 Å². The Morgan fingerprint density at radius 2 is 1.86 bits per heavy atom. The lowest BCUT2D eigenvalue weighted by Crippen LogP contribution is -2.21. The van der Waals surface area contributed by atoms with Gasteiger partial charge in [-0.15, -0.1) is 0 Å². The van der Waals surface area contributed by atoms with E-state index >= 15 is 0 Å². The highest BCUT2D eigenvalue weighted by atomic mass is 16.2. The number of carbonyl (C=O) groups excluding carboxylic acids is 1. The van der Waals surface area contributed by atoms with Crippen LogP contribution in [-0.4, -0.2) is 15.9 Å². The van der Waals surface area contributed by atoms with Crippen LogP contribution in [0.25, 0.3) is 0 Å². The highest BCUT2D eigenvalue weighted by molar-refractivity contribution is 6.04. The Kier molecular flexibility index (Phi) is 3.80. The van der Waals surface area contributed by atoms with Crippen molar-refractivity contribution in [1.29, 1.82) is 0 Å². The molecule has 0 spiro atoms. The number of nitrogen functional groups attached to an aromatic ring is 1. The fourth-order valence-electron chi connectivity index (χ4n) is 1.81. The van der Waals surface area contributed by atoms with Crippen LogP contribution in [0.4, 0.5) is 11.6 Å². The van der Waals surface area contributed by atoms with E-state index in [1.165, 1.54) is 6.20 Å². The molecule has 21 heavy (non-hydrogen) atoms. The molecule has 2 aromatic rings. The smallest absolute Gasteiger partial charge is 0.276 e. The van der Waals surface area contributed by atoms with Crippen molar-refractivity contribution >= 4 is 17.5 Å². The van der Waals surface area contributed by atoms with Crippen molar-refractivity contribution in [2.45, 2.75) is 26.2 Å². The summed E-state index contributed by atoms with van der Waals surface area (Å²) in [5.74, 6) is -0.361. The minimum atomic E-state index is -0.484. The molecule has 0 atom stereocenters. The molecule has 6 heteroatoms. The third-order valence-corrected chi connectivity index (χ3v) is 3.08. The number of carbonyl (C=O) groups is 1. The zero-order valence-electron chi connectivity index (χ0n) is 12.2. The number of hydrogen-bond donors (Lipinski definition) is 3. The second-order valence-corrected chi connectivity index (χ2v) is 5.79. The van der Waals surface area contributed by atoms with Gasteiger partial charge in [-0.25, -0.2) is 4.98 Å². The Balaban J connectivity index is 2.19. The van der Waals surface area contributed by atoms with Gasteiger partial charge >= 0.3 is 0 Å². The first-order valence-corrected chi connectivity index (χ1v) is 6.54. The average Bonchev–Trinajstić information content (AvgIpc) is 2.41. The molecule has 1 aromatic carbocycles. The highest BCUT2D eigenvalue weighted by Crippen LogP contribution is 2.22. The predicted octanol–water partition coefficient (Wildman–Crippen LogP) is 1.90. The Morgan fingerprint density at radius 3 is 2.38 bits per heavy atom. The number of nitrogens with one attached hydrogen (secondary N) is 2. The molecule has 110 valence electrons. The van der Waals surface area contributed by atoms with E-state index in [4.69, 9.17) is 5.73 Å². The van der Waals surface area contributed by atoms with Gasteiger partial charge in [-0.1, -0.05) is 32.9 Å². The highest BCUT2D eigenvalue weighted by Gasteiger charge is 2.15. The minimum Gasteiger partial charge on any atom is -0.369 e. The zero-order chi connectivity index (χ0) is 15.6. The van der Waals surface area contributed by atoms with E-state index in [1.807, 2.05) is 12.1 Å². The van der Waals surface area contributed by atoms with Crippen molar-refractivity contribution in [2.24, 2.45) is 0 Å². The molecule has 0 fully saturated rings. The second kappa shape index (κ2) is 5.40. The van der Waals surface area contributed by atoms with Crippen LogP contribution in [0.15, 0.2) is 35.3 Å². The summed E-state index contributed by atoms with van der Waals surface area (Å²) < 4.78 is 0. The number of amides is 1. The van der Waals surface area contributed by atoms with Gasteiger partial charge in [0.05, 0.1) is 6.20 Å². The molecule has 0 unspecified atom stereocenters. The molecule has 0 radical (unpaired) electrons. The Labute approximate surface area is 122 Å². The maximum atomic E-state index is 12.1. The lowest BCUT2D eigenvalue weighted by molar-refractivity contribution is 0.102. The quantitative estimate of drug-likeness (QED) is 0.784. The first-order valence-electron chi connectivity index (χ1n) is 6.54.